The summed E-state index contributed by atoms with van der Waals surface area (Å²) in [7, 11) is 0. The molecule has 1 unspecified atom stereocenters. The Kier molecular flexibility index (Phi) is 3.64. The van der Waals surface area contributed by atoms with Gasteiger partial charge >= 0.3 is 0 Å². The summed E-state index contributed by atoms with van der Waals surface area (Å²) in [5, 5.41) is 6.85. The lowest BCUT2D eigenvalue weighted by molar-refractivity contribution is 0.1000. The van der Waals surface area contributed by atoms with E-state index in [4.69, 9.17) is 5.73 Å². The fourth-order valence-corrected chi connectivity index (χ4v) is 2.18. The lowest BCUT2D eigenvalue weighted by Crippen LogP contribution is -2.29. The largest absolute Gasteiger partial charge is 0.383 e. The van der Waals surface area contributed by atoms with Crippen LogP contribution in [0.3, 0.4) is 0 Å². The van der Waals surface area contributed by atoms with Gasteiger partial charge in [0.2, 0.25) is 5.91 Å². The monoisotopic (exact) mass is 233 g/mol. The SMILES string of the molecule is Cc1cc(C(N)=O)ccc1NCC1CCCN1. The average molecular weight is 233 g/mol. The van der Waals surface area contributed by atoms with E-state index in [1.165, 1.54) is 12.8 Å². The second kappa shape index (κ2) is 5.19. The lowest BCUT2D eigenvalue weighted by Gasteiger charge is -2.14. The average Bonchev–Trinajstić information content (AvgIpc) is 2.80. The minimum atomic E-state index is -0.378. The highest BCUT2D eigenvalue weighted by Gasteiger charge is 2.13. The third-order valence-electron chi connectivity index (χ3n) is 3.21. The summed E-state index contributed by atoms with van der Waals surface area (Å²) < 4.78 is 0. The summed E-state index contributed by atoms with van der Waals surface area (Å²) >= 11 is 0. The third-order valence-corrected chi connectivity index (χ3v) is 3.21. The van der Waals surface area contributed by atoms with E-state index in [0.29, 0.717) is 11.6 Å². The number of anilines is 1. The van der Waals surface area contributed by atoms with Crippen molar-refractivity contribution in [2.75, 3.05) is 18.4 Å². The standard InChI is InChI=1S/C13H19N3O/c1-9-7-10(13(14)17)4-5-12(9)16-8-11-3-2-6-15-11/h4-5,7,11,15-16H,2-3,6,8H2,1H3,(H2,14,17). The van der Waals surface area contributed by atoms with Gasteiger partial charge < -0.3 is 16.4 Å². The van der Waals surface area contributed by atoms with Crippen LogP contribution in [0.5, 0.6) is 0 Å². The molecular formula is C13H19N3O. The Morgan fingerprint density at radius 1 is 1.59 bits per heavy atom. The molecule has 0 spiro atoms. The van der Waals surface area contributed by atoms with E-state index in [9.17, 15) is 4.79 Å². The zero-order chi connectivity index (χ0) is 12.3. The van der Waals surface area contributed by atoms with Crippen LogP contribution >= 0.6 is 0 Å². The van der Waals surface area contributed by atoms with Crippen LogP contribution in [-0.2, 0) is 0 Å². The summed E-state index contributed by atoms with van der Waals surface area (Å²) in [6.45, 7) is 4.03. The Morgan fingerprint density at radius 3 is 3.00 bits per heavy atom. The predicted octanol–water partition coefficient (Wildman–Crippen LogP) is 1.26. The minimum absolute atomic E-state index is 0.378. The van der Waals surface area contributed by atoms with Crippen LogP contribution in [0.2, 0.25) is 0 Å². The molecular weight excluding hydrogens is 214 g/mol. The molecule has 4 N–H and O–H groups in total. The van der Waals surface area contributed by atoms with Gasteiger partial charge in [0.15, 0.2) is 0 Å². The van der Waals surface area contributed by atoms with E-state index in [1.807, 2.05) is 19.1 Å². The first-order chi connectivity index (χ1) is 8.16. The quantitative estimate of drug-likeness (QED) is 0.733. The summed E-state index contributed by atoms with van der Waals surface area (Å²) in [6.07, 6.45) is 2.48. The minimum Gasteiger partial charge on any atom is -0.383 e. The first-order valence-electron chi connectivity index (χ1n) is 6.04. The molecule has 0 aromatic heterocycles. The molecule has 0 saturated carbocycles. The van der Waals surface area contributed by atoms with Crippen LogP contribution in [-0.4, -0.2) is 25.0 Å². The highest BCUT2D eigenvalue weighted by molar-refractivity contribution is 5.93. The van der Waals surface area contributed by atoms with Crippen molar-refractivity contribution in [2.45, 2.75) is 25.8 Å². The maximum absolute atomic E-state index is 11.0. The van der Waals surface area contributed by atoms with Crippen LogP contribution in [0.1, 0.15) is 28.8 Å². The summed E-state index contributed by atoms with van der Waals surface area (Å²) in [6, 6.07) is 6.07. The fraction of sp³-hybridized carbons (Fsp3) is 0.462. The zero-order valence-electron chi connectivity index (χ0n) is 10.1. The van der Waals surface area contributed by atoms with Crippen molar-refractivity contribution in [3.8, 4) is 0 Å². The van der Waals surface area contributed by atoms with E-state index < -0.39 is 0 Å². The highest BCUT2D eigenvalue weighted by Crippen LogP contribution is 2.17. The maximum Gasteiger partial charge on any atom is 0.248 e. The molecule has 0 radical (unpaired) electrons. The van der Waals surface area contributed by atoms with E-state index in [1.54, 1.807) is 6.07 Å². The normalized spacial score (nSPS) is 19.2. The number of benzene rings is 1. The van der Waals surface area contributed by atoms with Crippen molar-refractivity contribution in [1.82, 2.24) is 5.32 Å². The van der Waals surface area contributed by atoms with Crippen molar-refractivity contribution in [1.29, 1.82) is 0 Å². The predicted molar refractivity (Wildman–Crippen MR) is 69.2 cm³/mol. The molecule has 1 amide bonds. The molecule has 92 valence electrons. The van der Waals surface area contributed by atoms with Gasteiger partial charge in [0.1, 0.15) is 0 Å². The summed E-state index contributed by atoms with van der Waals surface area (Å²) in [5.41, 5.74) is 7.93. The van der Waals surface area contributed by atoms with Gasteiger partial charge in [-0.05, 0) is 50.1 Å². The van der Waals surface area contributed by atoms with Crippen molar-refractivity contribution >= 4 is 11.6 Å². The Balaban J connectivity index is 1.98. The number of aryl methyl sites for hydroxylation is 1. The first-order valence-corrected chi connectivity index (χ1v) is 6.04. The summed E-state index contributed by atoms with van der Waals surface area (Å²) in [4.78, 5) is 11.0. The molecule has 1 fully saturated rings. The molecule has 1 saturated heterocycles. The maximum atomic E-state index is 11.0. The van der Waals surface area contributed by atoms with Gasteiger partial charge in [0.05, 0.1) is 0 Å². The van der Waals surface area contributed by atoms with Gasteiger partial charge in [-0.2, -0.15) is 0 Å². The zero-order valence-corrected chi connectivity index (χ0v) is 10.1. The van der Waals surface area contributed by atoms with Gasteiger partial charge in [-0.1, -0.05) is 0 Å². The van der Waals surface area contributed by atoms with E-state index >= 15 is 0 Å². The molecule has 0 aliphatic carbocycles. The molecule has 1 heterocycles. The van der Waals surface area contributed by atoms with Crippen LogP contribution in [0, 0.1) is 6.92 Å². The number of carbonyl (C=O) groups excluding carboxylic acids is 1. The van der Waals surface area contributed by atoms with Crippen LogP contribution in [0.25, 0.3) is 0 Å². The number of hydrogen-bond acceptors (Lipinski definition) is 3. The Hall–Kier alpha value is -1.55. The van der Waals surface area contributed by atoms with E-state index in [2.05, 4.69) is 10.6 Å². The smallest absolute Gasteiger partial charge is 0.248 e. The van der Waals surface area contributed by atoms with Gasteiger partial charge in [-0.3, -0.25) is 4.79 Å². The molecule has 0 bridgehead atoms. The number of carbonyl (C=O) groups is 1. The highest BCUT2D eigenvalue weighted by atomic mass is 16.1. The van der Waals surface area contributed by atoms with Crippen molar-refractivity contribution in [3.63, 3.8) is 0 Å². The number of primary amides is 1. The van der Waals surface area contributed by atoms with Crippen LogP contribution in [0.15, 0.2) is 18.2 Å². The van der Waals surface area contributed by atoms with Crippen molar-refractivity contribution in [3.05, 3.63) is 29.3 Å². The van der Waals surface area contributed by atoms with Gasteiger partial charge in [0, 0.05) is 23.8 Å². The molecule has 1 aliphatic heterocycles. The van der Waals surface area contributed by atoms with Gasteiger partial charge in [-0.25, -0.2) is 0 Å². The molecule has 4 heteroatoms. The molecule has 17 heavy (non-hydrogen) atoms. The Bertz CT molecular complexity index is 411. The van der Waals surface area contributed by atoms with Crippen molar-refractivity contribution < 1.29 is 4.79 Å². The number of rotatable bonds is 4. The third kappa shape index (κ3) is 2.97. The van der Waals surface area contributed by atoms with Crippen LogP contribution in [0.4, 0.5) is 5.69 Å². The first kappa shape index (κ1) is 11.9. The molecule has 2 rings (SSSR count). The molecule has 1 atom stereocenters. The number of amides is 1. The molecule has 1 aliphatic rings. The number of nitrogens with one attached hydrogen (secondary N) is 2. The number of nitrogens with two attached hydrogens (primary N) is 1. The van der Waals surface area contributed by atoms with Gasteiger partial charge in [-0.15, -0.1) is 0 Å². The second-order valence-corrected chi connectivity index (χ2v) is 4.57. The molecule has 1 aromatic carbocycles. The lowest BCUT2D eigenvalue weighted by atomic mass is 10.1. The van der Waals surface area contributed by atoms with E-state index in [-0.39, 0.29) is 5.91 Å². The van der Waals surface area contributed by atoms with Crippen LogP contribution < -0.4 is 16.4 Å². The second-order valence-electron chi connectivity index (χ2n) is 4.57. The Labute approximate surface area is 102 Å². The van der Waals surface area contributed by atoms with Gasteiger partial charge in [0.25, 0.3) is 0 Å². The van der Waals surface area contributed by atoms with Crippen molar-refractivity contribution in [2.24, 2.45) is 5.73 Å². The molecule has 4 nitrogen and oxygen atoms in total. The van der Waals surface area contributed by atoms with E-state index in [0.717, 1.165) is 24.3 Å². The Morgan fingerprint density at radius 2 is 2.41 bits per heavy atom. The fourth-order valence-electron chi connectivity index (χ4n) is 2.18. The number of hydrogen-bond donors (Lipinski definition) is 3. The topological polar surface area (TPSA) is 67.2 Å². The summed E-state index contributed by atoms with van der Waals surface area (Å²) in [5.74, 6) is -0.378. The molecule has 1 aromatic rings.